The number of aromatic nitrogens is 2. The topological polar surface area (TPSA) is 56.1 Å². The number of rotatable bonds is 9. The van der Waals surface area contributed by atoms with E-state index in [0.29, 0.717) is 5.75 Å². The number of carbonyl (C=O) groups excluding carboxylic acids is 1. The third kappa shape index (κ3) is 5.64. The summed E-state index contributed by atoms with van der Waals surface area (Å²) in [5.74, 6) is 1.09. The molecular weight excluding hydrogens is 382 g/mol. The lowest BCUT2D eigenvalue weighted by molar-refractivity contribution is -0.113. The number of hydrogen-bond donors (Lipinski definition) is 1. The Morgan fingerprint density at radius 3 is 2.52 bits per heavy atom. The molecule has 152 valence electrons. The maximum atomic E-state index is 12.3. The summed E-state index contributed by atoms with van der Waals surface area (Å²) in [6, 6.07) is 16.0. The molecule has 29 heavy (non-hydrogen) atoms. The number of anilines is 1. The monoisotopic (exact) mass is 409 g/mol. The predicted molar refractivity (Wildman–Crippen MR) is 120 cm³/mol. The molecular formula is C23H27N3O2S. The lowest BCUT2D eigenvalue weighted by Gasteiger charge is -2.08. The molecule has 0 aliphatic carbocycles. The quantitative estimate of drug-likeness (QED) is 0.496. The summed E-state index contributed by atoms with van der Waals surface area (Å²) in [6.45, 7) is 2.19. The van der Waals surface area contributed by atoms with Crippen LogP contribution in [0.5, 0.6) is 5.75 Å². The van der Waals surface area contributed by atoms with Crippen LogP contribution in [-0.2, 0) is 18.3 Å². The number of hydrogen-bond acceptors (Lipinski definition) is 4. The molecule has 0 aliphatic heterocycles. The minimum atomic E-state index is -0.0368. The van der Waals surface area contributed by atoms with Gasteiger partial charge in [0.25, 0.3) is 0 Å². The third-order valence-electron chi connectivity index (χ3n) is 4.72. The molecule has 5 nitrogen and oxygen atoms in total. The predicted octanol–water partition coefficient (Wildman–Crippen LogP) is 5.17. The van der Waals surface area contributed by atoms with Crippen LogP contribution in [-0.4, -0.2) is 28.3 Å². The van der Waals surface area contributed by atoms with E-state index in [9.17, 15) is 4.79 Å². The van der Waals surface area contributed by atoms with E-state index in [-0.39, 0.29) is 5.91 Å². The minimum Gasteiger partial charge on any atom is -0.497 e. The second kappa shape index (κ2) is 10.2. The Hall–Kier alpha value is -2.73. The van der Waals surface area contributed by atoms with Gasteiger partial charge in [-0.15, -0.1) is 0 Å². The Morgan fingerprint density at radius 2 is 1.86 bits per heavy atom. The summed E-state index contributed by atoms with van der Waals surface area (Å²) >= 11 is 1.43. The standard InChI is InChI=1S/C23H27N3O2S/c1-4-5-6-17-7-11-19(12-8-17)25-22(27)16-29-23-24-15-21(26(23)2)18-9-13-20(28-3)14-10-18/h7-15H,4-6,16H2,1-3H3,(H,25,27). The number of amides is 1. The van der Waals surface area contributed by atoms with E-state index in [2.05, 4.69) is 29.4 Å². The van der Waals surface area contributed by atoms with Gasteiger partial charge in [-0.1, -0.05) is 37.2 Å². The smallest absolute Gasteiger partial charge is 0.234 e. The highest BCUT2D eigenvalue weighted by Crippen LogP contribution is 2.26. The van der Waals surface area contributed by atoms with Gasteiger partial charge in [0.05, 0.1) is 24.8 Å². The average Bonchev–Trinajstić information content (AvgIpc) is 3.12. The van der Waals surface area contributed by atoms with E-state index in [1.807, 2.05) is 54.2 Å². The largest absolute Gasteiger partial charge is 0.497 e. The number of carbonyl (C=O) groups is 1. The van der Waals surface area contributed by atoms with Gasteiger partial charge in [0.2, 0.25) is 5.91 Å². The van der Waals surface area contributed by atoms with Gasteiger partial charge in [-0.2, -0.15) is 0 Å². The van der Waals surface area contributed by atoms with Gasteiger partial charge >= 0.3 is 0 Å². The van der Waals surface area contributed by atoms with Gasteiger partial charge in [0.1, 0.15) is 5.75 Å². The van der Waals surface area contributed by atoms with Gasteiger partial charge < -0.3 is 14.6 Å². The van der Waals surface area contributed by atoms with Crippen molar-refractivity contribution < 1.29 is 9.53 Å². The first-order valence-corrected chi connectivity index (χ1v) is 10.8. The minimum absolute atomic E-state index is 0.0368. The molecule has 0 spiro atoms. The summed E-state index contributed by atoms with van der Waals surface area (Å²) in [5.41, 5.74) is 4.19. The van der Waals surface area contributed by atoms with Crippen LogP contribution in [0.3, 0.4) is 0 Å². The molecule has 1 heterocycles. The zero-order chi connectivity index (χ0) is 20.6. The zero-order valence-corrected chi connectivity index (χ0v) is 18.0. The van der Waals surface area contributed by atoms with Crippen LogP contribution in [0.1, 0.15) is 25.3 Å². The Kier molecular flexibility index (Phi) is 7.36. The molecule has 3 rings (SSSR count). The first kappa shape index (κ1) is 21.0. The van der Waals surface area contributed by atoms with E-state index in [1.54, 1.807) is 7.11 Å². The number of unbranched alkanes of at least 4 members (excludes halogenated alkanes) is 1. The number of nitrogens with zero attached hydrogens (tertiary/aromatic N) is 2. The Bertz CT molecular complexity index is 934. The van der Waals surface area contributed by atoms with Gasteiger partial charge in [0, 0.05) is 18.3 Å². The van der Waals surface area contributed by atoms with Crippen molar-refractivity contribution in [2.45, 2.75) is 31.3 Å². The summed E-state index contributed by atoms with van der Waals surface area (Å²) < 4.78 is 7.21. The number of nitrogens with one attached hydrogen (secondary N) is 1. The van der Waals surface area contributed by atoms with Crippen LogP contribution in [0.25, 0.3) is 11.3 Å². The first-order chi connectivity index (χ1) is 14.1. The molecule has 0 radical (unpaired) electrons. The molecule has 2 aromatic carbocycles. The molecule has 0 atom stereocenters. The molecule has 0 aliphatic rings. The van der Waals surface area contributed by atoms with Gasteiger partial charge in [-0.3, -0.25) is 4.79 Å². The molecule has 0 saturated carbocycles. The van der Waals surface area contributed by atoms with E-state index in [4.69, 9.17) is 4.74 Å². The van der Waals surface area contributed by atoms with Crippen molar-refractivity contribution in [3.8, 4) is 17.0 Å². The normalized spacial score (nSPS) is 10.7. The Balaban J connectivity index is 1.55. The highest BCUT2D eigenvalue weighted by Gasteiger charge is 2.11. The van der Waals surface area contributed by atoms with E-state index >= 15 is 0 Å². The van der Waals surface area contributed by atoms with E-state index in [1.165, 1.54) is 30.2 Å². The van der Waals surface area contributed by atoms with Crippen LogP contribution in [0, 0.1) is 0 Å². The Labute approximate surface area is 176 Å². The van der Waals surface area contributed by atoms with Gasteiger partial charge in [-0.05, 0) is 54.8 Å². The fourth-order valence-electron chi connectivity index (χ4n) is 3.02. The van der Waals surface area contributed by atoms with Crippen molar-refractivity contribution in [2.24, 2.45) is 7.05 Å². The molecule has 6 heteroatoms. The van der Waals surface area contributed by atoms with Crippen molar-refractivity contribution in [1.29, 1.82) is 0 Å². The van der Waals surface area contributed by atoms with E-state index < -0.39 is 0 Å². The number of aryl methyl sites for hydroxylation is 1. The lowest BCUT2D eigenvalue weighted by Crippen LogP contribution is -2.14. The van der Waals surface area contributed by atoms with Gasteiger partial charge in [-0.25, -0.2) is 4.98 Å². The maximum Gasteiger partial charge on any atom is 0.234 e. The SMILES string of the molecule is CCCCc1ccc(NC(=O)CSc2ncc(-c3ccc(OC)cc3)n2C)cc1. The van der Waals surface area contributed by atoms with Crippen LogP contribution in [0.2, 0.25) is 0 Å². The Morgan fingerprint density at radius 1 is 1.14 bits per heavy atom. The van der Waals surface area contributed by atoms with Crippen LogP contribution in [0.4, 0.5) is 5.69 Å². The number of benzene rings is 2. The van der Waals surface area contributed by atoms with Crippen molar-refractivity contribution >= 4 is 23.4 Å². The molecule has 0 fully saturated rings. The lowest BCUT2D eigenvalue weighted by atomic mass is 10.1. The molecule has 0 unspecified atom stereocenters. The fourth-order valence-corrected chi connectivity index (χ4v) is 3.77. The summed E-state index contributed by atoms with van der Waals surface area (Å²) in [7, 11) is 3.61. The highest BCUT2D eigenvalue weighted by molar-refractivity contribution is 7.99. The van der Waals surface area contributed by atoms with Crippen molar-refractivity contribution in [2.75, 3.05) is 18.2 Å². The van der Waals surface area contributed by atoms with Crippen LogP contribution in [0.15, 0.2) is 59.9 Å². The number of imidazole rings is 1. The van der Waals surface area contributed by atoms with Crippen LogP contribution < -0.4 is 10.1 Å². The second-order valence-corrected chi connectivity index (χ2v) is 7.79. The summed E-state index contributed by atoms with van der Waals surface area (Å²) in [5, 5.41) is 3.76. The van der Waals surface area contributed by atoms with Gasteiger partial charge in [0.15, 0.2) is 5.16 Å². The number of methoxy groups -OCH3 is 1. The van der Waals surface area contributed by atoms with Crippen molar-refractivity contribution in [1.82, 2.24) is 9.55 Å². The summed E-state index contributed by atoms with van der Waals surface area (Å²) in [4.78, 5) is 16.8. The molecule has 3 aromatic rings. The molecule has 1 aromatic heterocycles. The molecule has 0 bridgehead atoms. The average molecular weight is 410 g/mol. The van der Waals surface area contributed by atoms with Crippen molar-refractivity contribution in [3.63, 3.8) is 0 Å². The third-order valence-corrected chi connectivity index (χ3v) is 5.76. The highest BCUT2D eigenvalue weighted by atomic mass is 32.2. The molecule has 1 amide bonds. The first-order valence-electron chi connectivity index (χ1n) is 9.78. The zero-order valence-electron chi connectivity index (χ0n) is 17.1. The number of thioether (sulfide) groups is 1. The fraction of sp³-hybridized carbons (Fsp3) is 0.304. The molecule has 0 saturated heterocycles. The van der Waals surface area contributed by atoms with Crippen LogP contribution >= 0.6 is 11.8 Å². The van der Waals surface area contributed by atoms with E-state index in [0.717, 1.165) is 34.3 Å². The second-order valence-electron chi connectivity index (χ2n) is 6.85. The number of ether oxygens (including phenoxy) is 1. The molecule has 1 N–H and O–H groups in total. The summed E-state index contributed by atoms with van der Waals surface area (Å²) in [6.07, 6.45) is 5.28. The maximum absolute atomic E-state index is 12.3. The van der Waals surface area contributed by atoms with Crippen molar-refractivity contribution in [3.05, 3.63) is 60.3 Å².